The molecule has 0 bridgehead atoms. The Balaban J connectivity index is 3.35. The quantitative estimate of drug-likeness (QED) is 0.0924. The lowest BCUT2D eigenvalue weighted by Gasteiger charge is -2.28. The zero-order valence-corrected chi connectivity index (χ0v) is 21.6. The molecule has 0 aromatic carbocycles. The molecule has 0 saturated carbocycles. The summed E-state index contributed by atoms with van der Waals surface area (Å²) in [6, 6.07) is 0. The van der Waals surface area contributed by atoms with E-state index in [1.54, 1.807) is 14.1 Å². The highest BCUT2D eigenvalue weighted by Gasteiger charge is 2.25. The van der Waals surface area contributed by atoms with Crippen molar-refractivity contribution in [1.29, 1.82) is 0 Å². The zero-order chi connectivity index (χ0) is 24.1. The molecule has 0 aliphatic rings. The van der Waals surface area contributed by atoms with Crippen molar-refractivity contribution in [3.63, 3.8) is 0 Å². The van der Waals surface area contributed by atoms with Crippen molar-refractivity contribution in [3.8, 4) is 0 Å². The summed E-state index contributed by atoms with van der Waals surface area (Å²) in [7, 11) is -0.806. The highest BCUT2D eigenvalue weighted by molar-refractivity contribution is 7.85. The maximum atomic E-state index is 10.8. The molecule has 0 fully saturated rings. The van der Waals surface area contributed by atoms with E-state index >= 15 is 0 Å². The Bertz CT molecular complexity index is 514. The molecule has 0 aliphatic carbocycles. The molecule has 32 heavy (non-hydrogen) atoms. The Morgan fingerprint density at radius 3 is 1.66 bits per heavy atom. The number of aliphatic hydroxyl groups is 1. The van der Waals surface area contributed by atoms with Crippen molar-refractivity contribution in [2.45, 2.75) is 90.1 Å². The fraction of sp³-hybridized carbons (Fsp3) is 1.00. The van der Waals surface area contributed by atoms with Gasteiger partial charge < -0.3 is 14.6 Å². The summed E-state index contributed by atoms with van der Waals surface area (Å²) in [5.41, 5.74) is 0. The summed E-state index contributed by atoms with van der Waals surface area (Å²) in [6.07, 6.45) is 14.8. The van der Waals surface area contributed by atoms with Crippen molar-refractivity contribution >= 4 is 10.1 Å². The Morgan fingerprint density at radius 2 is 1.16 bits per heavy atom. The largest absolute Gasteiger partial charge is 0.386 e. The third-order valence-electron chi connectivity index (χ3n) is 5.24. The van der Waals surface area contributed by atoms with Gasteiger partial charge in [-0.05, 0) is 6.42 Å². The average Bonchev–Trinajstić information content (AvgIpc) is 2.67. The van der Waals surface area contributed by atoms with Crippen molar-refractivity contribution < 1.29 is 37.0 Å². The summed E-state index contributed by atoms with van der Waals surface area (Å²) >= 11 is 0. The Hall–Kier alpha value is -0.290. The predicted octanol–water partition coefficient (Wildman–Crippen LogP) is 3.98. The summed E-state index contributed by atoms with van der Waals surface area (Å²) in [6.45, 7) is 4.83. The van der Waals surface area contributed by atoms with Crippen LogP contribution in [0.4, 0.5) is 0 Å². The molecule has 1 atom stereocenters. The van der Waals surface area contributed by atoms with E-state index in [0.717, 1.165) is 13.0 Å². The van der Waals surface area contributed by atoms with Crippen LogP contribution < -0.4 is 0 Å². The van der Waals surface area contributed by atoms with Gasteiger partial charge in [0.1, 0.15) is 25.0 Å². The van der Waals surface area contributed by atoms with Crippen LogP contribution in [0.25, 0.3) is 0 Å². The van der Waals surface area contributed by atoms with Gasteiger partial charge in [-0.1, -0.05) is 77.6 Å². The molecule has 1 unspecified atom stereocenters. The SMILES string of the molecule is CCCCCCCCCCCCCCOCCOCCO[N+](C)(C)CC(O)CS(=O)(=O)O. The smallest absolute Gasteiger partial charge is 0.267 e. The highest BCUT2D eigenvalue weighted by Crippen LogP contribution is 2.12. The van der Waals surface area contributed by atoms with Gasteiger partial charge in [0.25, 0.3) is 10.1 Å². The average molecular weight is 485 g/mol. The lowest BCUT2D eigenvalue weighted by Crippen LogP contribution is -2.47. The Labute approximate surface area is 196 Å². The molecular weight excluding hydrogens is 434 g/mol. The monoisotopic (exact) mass is 484 g/mol. The van der Waals surface area contributed by atoms with E-state index in [2.05, 4.69) is 6.92 Å². The number of rotatable bonds is 24. The number of likely N-dealkylation sites (N-methyl/N-ethyl adjacent to an activating group) is 1. The molecule has 8 nitrogen and oxygen atoms in total. The Kier molecular flexibility index (Phi) is 19.9. The van der Waals surface area contributed by atoms with Crippen LogP contribution in [0.1, 0.15) is 84.0 Å². The van der Waals surface area contributed by atoms with Gasteiger partial charge in [-0.25, -0.2) is 4.84 Å². The van der Waals surface area contributed by atoms with Crippen LogP contribution in [-0.4, -0.2) is 88.3 Å². The van der Waals surface area contributed by atoms with E-state index < -0.39 is 22.0 Å². The number of ether oxygens (including phenoxy) is 2. The molecule has 0 heterocycles. The molecule has 0 saturated heterocycles. The third kappa shape index (κ3) is 24.4. The fourth-order valence-electron chi connectivity index (χ4n) is 3.57. The molecule has 2 N–H and O–H groups in total. The molecule has 0 amide bonds. The minimum atomic E-state index is -4.20. The first-order chi connectivity index (χ1) is 15.2. The molecule has 0 rings (SSSR count). The summed E-state index contributed by atoms with van der Waals surface area (Å²) in [5, 5.41) is 9.70. The Morgan fingerprint density at radius 1 is 0.719 bits per heavy atom. The second-order valence-corrected chi connectivity index (χ2v) is 10.6. The lowest BCUT2D eigenvalue weighted by atomic mass is 10.1. The van der Waals surface area contributed by atoms with E-state index in [1.807, 2.05) is 0 Å². The van der Waals surface area contributed by atoms with E-state index in [4.69, 9.17) is 18.9 Å². The number of hydrogen-bond donors (Lipinski definition) is 2. The molecule has 0 aromatic rings. The van der Waals surface area contributed by atoms with Crippen LogP contribution in [0.3, 0.4) is 0 Å². The first-order valence-corrected chi connectivity index (χ1v) is 14.0. The number of aliphatic hydroxyl groups excluding tert-OH is 1. The van der Waals surface area contributed by atoms with E-state index in [-0.39, 0.29) is 11.2 Å². The zero-order valence-electron chi connectivity index (χ0n) is 20.8. The molecule has 0 aliphatic heterocycles. The van der Waals surface area contributed by atoms with Gasteiger partial charge in [0.05, 0.1) is 33.9 Å². The topological polar surface area (TPSA) is 102 Å². The molecule has 194 valence electrons. The minimum Gasteiger partial charge on any atom is -0.386 e. The number of quaternary nitrogens is 1. The van der Waals surface area contributed by atoms with E-state index in [9.17, 15) is 13.5 Å². The lowest BCUT2D eigenvalue weighted by molar-refractivity contribution is -1.08. The first-order valence-electron chi connectivity index (χ1n) is 12.4. The molecule has 0 radical (unpaired) electrons. The highest BCUT2D eigenvalue weighted by atomic mass is 32.2. The van der Waals surface area contributed by atoms with Gasteiger partial charge in [0, 0.05) is 6.61 Å². The number of hydrogen-bond acceptors (Lipinski definition) is 6. The second-order valence-electron chi connectivity index (χ2n) is 9.11. The molecular formula is C23H50NO7S+. The van der Waals surface area contributed by atoms with Gasteiger partial charge in [-0.2, -0.15) is 13.1 Å². The molecule has 9 heteroatoms. The molecule has 0 spiro atoms. The predicted molar refractivity (Wildman–Crippen MR) is 128 cm³/mol. The van der Waals surface area contributed by atoms with Crippen LogP contribution in [0.5, 0.6) is 0 Å². The van der Waals surface area contributed by atoms with Crippen LogP contribution in [0.15, 0.2) is 0 Å². The summed E-state index contributed by atoms with van der Waals surface area (Å²) < 4.78 is 41.4. The van der Waals surface area contributed by atoms with Gasteiger partial charge in [0.15, 0.2) is 0 Å². The van der Waals surface area contributed by atoms with Gasteiger partial charge in [0.2, 0.25) is 0 Å². The van der Waals surface area contributed by atoms with Gasteiger partial charge >= 0.3 is 0 Å². The third-order valence-corrected chi connectivity index (χ3v) is 6.04. The maximum absolute atomic E-state index is 10.8. The summed E-state index contributed by atoms with van der Waals surface area (Å²) in [5.74, 6) is -0.703. The second kappa shape index (κ2) is 20.1. The van der Waals surface area contributed by atoms with Crippen LogP contribution in [-0.2, 0) is 24.4 Å². The fourth-order valence-corrected chi connectivity index (χ4v) is 4.16. The van der Waals surface area contributed by atoms with Gasteiger partial charge in [-0.3, -0.25) is 4.55 Å². The number of nitrogens with zero attached hydrogens (tertiary/aromatic N) is 1. The minimum absolute atomic E-state index is 0.0322. The molecule has 0 aromatic heterocycles. The normalized spacial score (nSPS) is 13.5. The van der Waals surface area contributed by atoms with Crippen LogP contribution >= 0.6 is 0 Å². The van der Waals surface area contributed by atoms with E-state index in [1.165, 1.54) is 70.6 Å². The van der Waals surface area contributed by atoms with Crippen molar-refractivity contribution in [2.24, 2.45) is 0 Å². The first kappa shape index (κ1) is 31.7. The number of unbranched alkanes of at least 4 members (excludes halogenated alkanes) is 11. The van der Waals surface area contributed by atoms with Crippen molar-refractivity contribution in [1.82, 2.24) is 0 Å². The van der Waals surface area contributed by atoms with Gasteiger partial charge in [-0.15, -0.1) is 0 Å². The maximum Gasteiger partial charge on any atom is 0.267 e. The summed E-state index contributed by atoms with van der Waals surface area (Å²) in [4.78, 5) is 5.58. The van der Waals surface area contributed by atoms with E-state index in [0.29, 0.717) is 26.4 Å². The van der Waals surface area contributed by atoms with Crippen LogP contribution in [0.2, 0.25) is 0 Å². The van der Waals surface area contributed by atoms with Crippen LogP contribution in [0, 0.1) is 0 Å². The van der Waals surface area contributed by atoms with Crippen molar-refractivity contribution in [2.75, 3.05) is 59.4 Å². The van der Waals surface area contributed by atoms with Crippen molar-refractivity contribution in [3.05, 3.63) is 0 Å². The standard InChI is InChI=1S/C23H49NO7S/c1-4-5-6-7-8-9-10-11-12-13-14-15-16-29-17-18-30-19-20-31-24(2,3)21-23(25)22-32(26,27)28/h23,25H,4-22H2,1-3H3/p+1. The number of hydroxylamine groups is 3.